The Kier molecular flexibility index (Phi) is 3.74. The molecule has 3 nitrogen and oxygen atoms in total. The standard InChI is InChI=1S/C17H22N2O/c1-20-17(10-5-11-17)12-16(19-18)15-9-4-7-13-6-2-3-8-14(13)15/h2-4,6-9,16,19H,5,10-12,18H2,1H3. The Balaban J connectivity index is 1.95. The van der Waals surface area contributed by atoms with Gasteiger partial charge in [-0.2, -0.15) is 0 Å². The van der Waals surface area contributed by atoms with Crippen LogP contribution in [-0.2, 0) is 4.74 Å². The van der Waals surface area contributed by atoms with Crippen molar-refractivity contribution in [2.45, 2.75) is 37.3 Å². The van der Waals surface area contributed by atoms with E-state index in [0.29, 0.717) is 0 Å². The summed E-state index contributed by atoms with van der Waals surface area (Å²) < 4.78 is 5.74. The summed E-state index contributed by atoms with van der Waals surface area (Å²) >= 11 is 0. The maximum Gasteiger partial charge on any atom is 0.0697 e. The molecular weight excluding hydrogens is 248 g/mol. The van der Waals surface area contributed by atoms with Crippen LogP contribution in [0.25, 0.3) is 10.8 Å². The van der Waals surface area contributed by atoms with Crippen LogP contribution in [0, 0.1) is 0 Å². The van der Waals surface area contributed by atoms with Gasteiger partial charge < -0.3 is 4.74 Å². The van der Waals surface area contributed by atoms with Gasteiger partial charge in [-0.3, -0.25) is 11.3 Å². The van der Waals surface area contributed by atoms with Crippen molar-refractivity contribution in [3.05, 3.63) is 48.0 Å². The van der Waals surface area contributed by atoms with Gasteiger partial charge in [-0.25, -0.2) is 0 Å². The Morgan fingerprint density at radius 3 is 2.60 bits per heavy atom. The maximum absolute atomic E-state index is 5.83. The van der Waals surface area contributed by atoms with E-state index >= 15 is 0 Å². The van der Waals surface area contributed by atoms with Gasteiger partial charge in [-0.1, -0.05) is 42.5 Å². The van der Waals surface area contributed by atoms with Gasteiger partial charge in [0, 0.05) is 13.2 Å². The Hall–Kier alpha value is -1.42. The Bertz CT molecular complexity index is 582. The topological polar surface area (TPSA) is 47.3 Å². The highest BCUT2D eigenvalue weighted by Crippen LogP contribution is 2.42. The van der Waals surface area contributed by atoms with E-state index in [-0.39, 0.29) is 11.6 Å². The lowest BCUT2D eigenvalue weighted by Crippen LogP contribution is -2.44. The number of hydrazine groups is 1. The molecule has 1 atom stereocenters. The van der Waals surface area contributed by atoms with Crippen molar-refractivity contribution in [2.24, 2.45) is 5.84 Å². The Labute approximate surface area is 120 Å². The molecule has 1 unspecified atom stereocenters. The van der Waals surface area contributed by atoms with E-state index in [9.17, 15) is 0 Å². The number of ether oxygens (including phenoxy) is 1. The summed E-state index contributed by atoms with van der Waals surface area (Å²) in [6, 6.07) is 15.0. The molecule has 1 saturated carbocycles. The van der Waals surface area contributed by atoms with Gasteiger partial charge in [0.1, 0.15) is 0 Å². The predicted molar refractivity (Wildman–Crippen MR) is 82.2 cm³/mol. The Morgan fingerprint density at radius 2 is 1.95 bits per heavy atom. The summed E-state index contributed by atoms with van der Waals surface area (Å²) in [5.74, 6) is 5.83. The summed E-state index contributed by atoms with van der Waals surface area (Å²) in [5, 5.41) is 2.52. The average molecular weight is 270 g/mol. The molecule has 20 heavy (non-hydrogen) atoms. The van der Waals surface area contributed by atoms with Gasteiger partial charge in [-0.05, 0) is 42.0 Å². The zero-order valence-corrected chi connectivity index (χ0v) is 11.9. The molecule has 106 valence electrons. The summed E-state index contributed by atoms with van der Waals surface area (Å²) in [6.07, 6.45) is 4.44. The lowest BCUT2D eigenvalue weighted by atomic mass is 9.74. The lowest BCUT2D eigenvalue weighted by Gasteiger charge is -2.42. The molecule has 0 aromatic heterocycles. The van der Waals surface area contributed by atoms with Crippen LogP contribution >= 0.6 is 0 Å². The lowest BCUT2D eigenvalue weighted by molar-refractivity contribution is -0.0837. The molecule has 0 heterocycles. The molecule has 0 spiro atoms. The van der Waals surface area contributed by atoms with Crippen LogP contribution in [0.5, 0.6) is 0 Å². The molecule has 2 aromatic rings. The minimum absolute atomic E-state index is 0.00792. The van der Waals surface area contributed by atoms with Gasteiger partial charge in [0.25, 0.3) is 0 Å². The van der Waals surface area contributed by atoms with E-state index in [1.807, 2.05) is 7.11 Å². The van der Waals surface area contributed by atoms with Gasteiger partial charge in [-0.15, -0.1) is 0 Å². The molecule has 3 N–H and O–H groups in total. The number of hydrogen-bond donors (Lipinski definition) is 2. The summed E-state index contributed by atoms with van der Waals surface area (Å²) in [4.78, 5) is 0. The molecule has 0 saturated heterocycles. The molecule has 1 aliphatic carbocycles. The number of hydrogen-bond acceptors (Lipinski definition) is 3. The third-order valence-electron chi connectivity index (χ3n) is 4.67. The van der Waals surface area contributed by atoms with Crippen LogP contribution in [0.15, 0.2) is 42.5 Å². The van der Waals surface area contributed by atoms with Gasteiger partial charge in [0.05, 0.1) is 5.60 Å². The highest BCUT2D eigenvalue weighted by atomic mass is 16.5. The first-order valence-electron chi connectivity index (χ1n) is 7.27. The molecule has 0 amide bonds. The number of nitrogens with two attached hydrogens (primary N) is 1. The van der Waals surface area contributed by atoms with E-state index in [2.05, 4.69) is 47.9 Å². The third kappa shape index (κ3) is 2.33. The van der Waals surface area contributed by atoms with Crippen molar-refractivity contribution in [3.8, 4) is 0 Å². The molecule has 1 aliphatic rings. The fourth-order valence-electron chi connectivity index (χ4n) is 3.25. The van der Waals surface area contributed by atoms with Crippen molar-refractivity contribution in [2.75, 3.05) is 7.11 Å². The van der Waals surface area contributed by atoms with E-state index in [0.717, 1.165) is 19.3 Å². The molecular formula is C17H22N2O. The molecule has 2 aromatic carbocycles. The van der Waals surface area contributed by atoms with Crippen LogP contribution in [0.1, 0.15) is 37.3 Å². The van der Waals surface area contributed by atoms with Crippen LogP contribution < -0.4 is 11.3 Å². The smallest absolute Gasteiger partial charge is 0.0697 e. The van der Waals surface area contributed by atoms with Crippen LogP contribution in [0.3, 0.4) is 0 Å². The average Bonchev–Trinajstić information content (AvgIpc) is 2.47. The Morgan fingerprint density at radius 1 is 1.20 bits per heavy atom. The second-order valence-corrected chi connectivity index (χ2v) is 5.73. The first-order valence-corrected chi connectivity index (χ1v) is 7.27. The fraction of sp³-hybridized carbons (Fsp3) is 0.412. The highest BCUT2D eigenvalue weighted by molar-refractivity contribution is 5.86. The summed E-state index contributed by atoms with van der Waals surface area (Å²) in [7, 11) is 1.82. The second kappa shape index (κ2) is 5.52. The van der Waals surface area contributed by atoms with E-state index < -0.39 is 0 Å². The van der Waals surface area contributed by atoms with E-state index in [4.69, 9.17) is 10.6 Å². The predicted octanol–water partition coefficient (Wildman–Crippen LogP) is 3.30. The number of benzene rings is 2. The van der Waals surface area contributed by atoms with Crippen LogP contribution in [0.2, 0.25) is 0 Å². The van der Waals surface area contributed by atoms with Gasteiger partial charge in [0.15, 0.2) is 0 Å². The first-order chi connectivity index (χ1) is 9.78. The monoisotopic (exact) mass is 270 g/mol. The first kappa shape index (κ1) is 13.6. The van der Waals surface area contributed by atoms with E-state index in [1.54, 1.807) is 0 Å². The quantitative estimate of drug-likeness (QED) is 0.647. The van der Waals surface area contributed by atoms with Crippen LogP contribution in [-0.4, -0.2) is 12.7 Å². The molecule has 1 fully saturated rings. The van der Waals surface area contributed by atoms with Gasteiger partial charge >= 0.3 is 0 Å². The van der Waals surface area contributed by atoms with Crippen molar-refractivity contribution in [1.82, 2.24) is 5.43 Å². The molecule has 3 heteroatoms. The second-order valence-electron chi connectivity index (χ2n) is 5.73. The minimum atomic E-state index is 0.00792. The maximum atomic E-state index is 5.83. The van der Waals surface area contributed by atoms with Crippen molar-refractivity contribution in [1.29, 1.82) is 0 Å². The normalized spacial score (nSPS) is 18.7. The molecule has 0 bridgehead atoms. The SMILES string of the molecule is COC1(CC(NN)c2cccc3ccccc23)CCC1. The number of methoxy groups -OCH3 is 1. The third-order valence-corrected chi connectivity index (χ3v) is 4.67. The highest BCUT2D eigenvalue weighted by Gasteiger charge is 2.39. The molecule has 0 radical (unpaired) electrons. The molecule has 0 aliphatic heterocycles. The largest absolute Gasteiger partial charge is 0.378 e. The van der Waals surface area contributed by atoms with Crippen LogP contribution in [0.4, 0.5) is 0 Å². The number of rotatable bonds is 5. The summed E-state index contributed by atoms with van der Waals surface area (Å²) in [5.41, 5.74) is 4.25. The summed E-state index contributed by atoms with van der Waals surface area (Å²) in [6.45, 7) is 0. The zero-order valence-electron chi connectivity index (χ0n) is 11.9. The van der Waals surface area contributed by atoms with Crippen molar-refractivity contribution < 1.29 is 4.74 Å². The fourth-order valence-corrected chi connectivity index (χ4v) is 3.25. The van der Waals surface area contributed by atoms with Crippen molar-refractivity contribution in [3.63, 3.8) is 0 Å². The van der Waals surface area contributed by atoms with E-state index in [1.165, 1.54) is 22.8 Å². The zero-order chi connectivity index (χ0) is 14.0. The minimum Gasteiger partial charge on any atom is -0.378 e. The number of nitrogens with one attached hydrogen (secondary N) is 1. The van der Waals surface area contributed by atoms with Gasteiger partial charge in [0.2, 0.25) is 0 Å². The molecule has 3 rings (SSSR count). The number of fused-ring (bicyclic) bond motifs is 1. The van der Waals surface area contributed by atoms with Crippen molar-refractivity contribution >= 4 is 10.8 Å².